The van der Waals surface area contributed by atoms with Crippen LogP contribution in [0.3, 0.4) is 0 Å². The van der Waals surface area contributed by atoms with Gasteiger partial charge in [0.25, 0.3) is 5.91 Å². The Morgan fingerprint density at radius 2 is 1.96 bits per heavy atom. The summed E-state index contributed by atoms with van der Waals surface area (Å²) in [4.78, 5) is 18.6. The number of aromatic nitrogens is 1. The van der Waals surface area contributed by atoms with Crippen LogP contribution in [0.25, 0.3) is 10.6 Å². The summed E-state index contributed by atoms with van der Waals surface area (Å²) in [5.41, 5.74) is 6.77. The zero-order chi connectivity index (χ0) is 17.2. The molecule has 0 aliphatic rings. The van der Waals surface area contributed by atoms with Crippen LogP contribution >= 0.6 is 59.4 Å². The van der Waals surface area contributed by atoms with E-state index in [9.17, 15) is 4.79 Å². The second-order valence-corrected chi connectivity index (χ2v) is 7.89. The molecule has 0 radical (unpaired) electrons. The summed E-state index contributed by atoms with van der Waals surface area (Å²) in [6.07, 6.45) is 0. The number of hydrogen-bond acceptors (Lipinski definition) is 4. The number of nitrogens with zero attached hydrogens (tertiary/aromatic N) is 2. The van der Waals surface area contributed by atoms with Crippen molar-refractivity contribution in [2.24, 2.45) is 11.1 Å². The van der Waals surface area contributed by atoms with E-state index >= 15 is 0 Å². The highest BCUT2D eigenvalue weighted by Gasteiger charge is 2.23. The second-order valence-electron chi connectivity index (χ2n) is 6.19. The molecule has 1 aromatic heterocycles. The molecule has 25 heavy (non-hydrogen) atoms. The van der Waals surface area contributed by atoms with Crippen LogP contribution in [0.2, 0.25) is 10.0 Å². The summed E-state index contributed by atoms with van der Waals surface area (Å²) in [5, 5.41) is 3.52. The van der Waals surface area contributed by atoms with E-state index in [4.69, 9.17) is 28.9 Å². The van der Waals surface area contributed by atoms with Crippen molar-refractivity contribution in [3.63, 3.8) is 0 Å². The van der Waals surface area contributed by atoms with Gasteiger partial charge in [0.2, 0.25) is 0 Å². The average Bonchev–Trinajstić information content (AvgIpc) is 2.95. The van der Waals surface area contributed by atoms with Crippen molar-refractivity contribution in [2.75, 3.05) is 20.1 Å². The number of nitrogens with two attached hydrogens (primary N) is 1. The standard InChI is InChI=1S/C16H19Cl2N3OS.2ClH/c1-16(2,8-19)9-21(3)15(22)13-7-23-14(20-13)11-5-4-10(17)6-12(11)18;;/h4-7H,8-9,19H2,1-3H3;2*1H. The molecule has 9 heteroatoms. The van der Waals surface area contributed by atoms with E-state index in [1.165, 1.54) is 11.3 Å². The molecule has 0 atom stereocenters. The molecule has 2 aromatic rings. The highest BCUT2D eigenvalue weighted by atomic mass is 35.5. The van der Waals surface area contributed by atoms with Crippen LogP contribution < -0.4 is 5.73 Å². The predicted molar refractivity (Wildman–Crippen MR) is 112 cm³/mol. The van der Waals surface area contributed by atoms with Gasteiger partial charge >= 0.3 is 0 Å². The molecule has 2 N–H and O–H groups in total. The molecule has 0 aliphatic heterocycles. The van der Waals surface area contributed by atoms with Gasteiger partial charge in [-0.15, -0.1) is 36.2 Å². The van der Waals surface area contributed by atoms with Crippen LogP contribution in [-0.2, 0) is 0 Å². The fraction of sp³-hybridized carbons (Fsp3) is 0.375. The molecular formula is C16H21Cl4N3OS. The fourth-order valence-electron chi connectivity index (χ4n) is 2.13. The van der Waals surface area contributed by atoms with E-state index in [1.54, 1.807) is 35.5 Å². The molecule has 4 nitrogen and oxygen atoms in total. The van der Waals surface area contributed by atoms with Gasteiger partial charge < -0.3 is 10.6 Å². The van der Waals surface area contributed by atoms with E-state index in [2.05, 4.69) is 4.98 Å². The number of carbonyl (C=O) groups is 1. The van der Waals surface area contributed by atoms with E-state index in [0.717, 1.165) is 5.56 Å². The Hall–Kier alpha value is -0.560. The van der Waals surface area contributed by atoms with Crippen LogP contribution in [0, 0.1) is 5.41 Å². The van der Waals surface area contributed by atoms with Crippen molar-refractivity contribution in [2.45, 2.75) is 13.8 Å². The maximum Gasteiger partial charge on any atom is 0.273 e. The summed E-state index contributed by atoms with van der Waals surface area (Å²) in [5.74, 6) is -0.126. The monoisotopic (exact) mass is 443 g/mol. The van der Waals surface area contributed by atoms with Crippen LogP contribution in [0.15, 0.2) is 23.6 Å². The normalized spacial score (nSPS) is 10.6. The fourth-order valence-corrected chi connectivity index (χ4v) is 3.52. The molecule has 0 saturated carbocycles. The van der Waals surface area contributed by atoms with Gasteiger partial charge in [0.05, 0.1) is 5.02 Å². The lowest BCUT2D eigenvalue weighted by Crippen LogP contribution is -2.39. The smallest absolute Gasteiger partial charge is 0.273 e. The zero-order valence-corrected chi connectivity index (χ0v) is 18.0. The van der Waals surface area contributed by atoms with Gasteiger partial charge in [-0.1, -0.05) is 37.0 Å². The Morgan fingerprint density at radius 3 is 2.52 bits per heavy atom. The lowest BCUT2D eigenvalue weighted by Gasteiger charge is -2.28. The van der Waals surface area contributed by atoms with Crippen molar-refractivity contribution < 1.29 is 4.79 Å². The Morgan fingerprint density at radius 1 is 1.32 bits per heavy atom. The highest BCUT2D eigenvalue weighted by molar-refractivity contribution is 7.13. The average molecular weight is 445 g/mol. The molecule has 140 valence electrons. The SMILES string of the molecule is CN(CC(C)(C)CN)C(=O)c1csc(-c2ccc(Cl)cc2Cl)n1.Cl.Cl. The second kappa shape index (κ2) is 9.95. The topological polar surface area (TPSA) is 59.2 Å². The van der Waals surface area contributed by atoms with Gasteiger partial charge in [-0.2, -0.15) is 0 Å². The van der Waals surface area contributed by atoms with E-state index in [0.29, 0.717) is 33.8 Å². The maximum atomic E-state index is 12.5. The van der Waals surface area contributed by atoms with Gasteiger partial charge in [-0.3, -0.25) is 4.79 Å². The Bertz CT molecular complexity index is 721. The van der Waals surface area contributed by atoms with Gasteiger partial charge in [-0.05, 0) is 30.2 Å². The van der Waals surface area contributed by atoms with E-state index in [-0.39, 0.29) is 36.1 Å². The summed E-state index contributed by atoms with van der Waals surface area (Å²) in [7, 11) is 1.76. The minimum atomic E-state index is -0.136. The van der Waals surface area contributed by atoms with Gasteiger partial charge in [0.1, 0.15) is 10.7 Å². The lowest BCUT2D eigenvalue weighted by atomic mass is 9.93. The third-order valence-corrected chi connectivity index (χ3v) is 4.87. The molecule has 0 bridgehead atoms. The van der Waals surface area contributed by atoms with Crippen LogP contribution in [-0.4, -0.2) is 35.9 Å². The first-order valence-corrected chi connectivity index (χ1v) is 8.73. The maximum absolute atomic E-state index is 12.5. The zero-order valence-electron chi connectivity index (χ0n) is 14.1. The quantitative estimate of drug-likeness (QED) is 0.704. The molecule has 1 amide bonds. The molecule has 0 saturated heterocycles. The minimum Gasteiger partial charge on any atom is -0.340 e. The molecule has 0 fully saturated rings. The first-order valence-electron chi connectivity index (χ1n) is 7.10. The molecular weight excluding hydrogens is 424 g/mol. The van der Waals surface area contributed by atoms with E-state index < -0.39 is 0 Å². The summed E-state index contributed by atoms with van der Waals surface area (Å²) < 4.78 is 0. The third kappa shape index (κ3) is 6.27. The van der Waals surface area contributed by atoms with Gasteiger partial charge in [-0.25, -0.2) is 4.98 Å². The summed E-state index contributed by atoms with van der Waals surface area (Å²) in [6.45, 7) is 5.12. The van der Waals surface area contributed by atoms with Crippen molar-refractivity contribution in [1.29, 1.82) is 0 Å². The Balaban J connectivity index is 0.00000288. The Labute approximate surface area is 174 Å². The lowest BCUT2D eigenvalue weighted by molar-refractivity contribution is 0.0735. The molecule has 1 aromatic carbocycles. The summed E-state index contributed by atoms with van der Waals surface area (Å²) in [6, 6.07) is 5.22. The van der Waals surface area contributed by atoms with Crippen molar-refractivity contribution in [1.82, 2.24) is 9.88 Å². The third-order valence-electron chi connectivity index (χ3n) is 3.45. The molecule has 1 heterocycles. The number of thiazole rings is 1. The number of hydrogen-bond donors (Lipinski definition) is 1. The molecule has 0 aliphatic carbocycles. The first-order chi connectivity index (χ1) is 10.7. The number of halogens is 4. The van der Waals surface area contributed by atoms with Crippen LogP contribution in [0.1, 0.15) is 24.3 Å². The molecule has 2 rings (SSSR count). The first kappa shape index (κ1) is 24.4. The predicted octanol–water partition coefficient (Wildman–Crippen LogP) is 5.02. The minimum absolute atomic E-state index is 0. The molecule has 0 spiro atoms. The number of rotatable bonds is 5. The van der Waals surface area contributed by atoms with Crippen molar-refractivity contribution in [3.8, 4) is 10.6 Å². The van der Waals surface area contributed by atoms with Gasteiger partial charge in [0, 0.05) is 29.6 Å². The van der Waals surface area contributed by atoms with Gasteiger partial charge in [0.15, 0.2) is 0 Å². The van der Waals surface area contributed by atoms with Crippen LogP contribution in [0.4, 0.5) is 0 Å². The van der Waals surface area contributed by atoms with Crippen LogP contribution in [0.5, 0.6) is 0 Å². The largest absolute Gasteiger partial charge is 0.340 e. The summed E-state index contributed by atoms with van der Waals surface area (Å²) >= 11 is 13.5. The number of carbonyl (C=O) groups excluding carboxylic acids is 1. The Kier molecular flexibility index (Phi) is 9.73. The number of amides is 1. The number of benzene rings is 1. The molecule has 0 unspecified atom stereocenters. The van der Waals surface area contributed by atoms with Crippen molar-refractivity contribution in [3.05, 3.63) is 39.3 Å². The van der Waals surface area contributed by atoms with Crippen molar-refractivity contribution >= 4 is 65.3 Å². The van der Waals surface area contributed by atoms with E-state index in [1.807, 2.05) is 13.8 Å². The highest BCUT2D eigenvalue weighted by Crippen LogP contribution is 2.32.